The predicted octanol–water partition coefficient (Wildman–Crippen LogP) is 2.07. The van der Waals surface area contributed by atoms with Gasteiger partial charge in [0.25, 0.3) is 11.8 Å². The smallest absolute Gasteiger partial charge is 0.307 e. The lowest BCUT2D eigenvalue weighted by atomic mass is 10.0. The number of rotatable bonds is 5. The van der Waals surface area contributed by atoms with E-state index in [0.717, 1.165) is 6.07 Å². The van der Waals surface area contributed by atoms with Crippen molar-refractivity contribution in [2.75, 3.05) is 5.32 Å². The summed E-state index contributed by atoms with van der Waals surface area (Å²) in [5.74, 6) is -5.07. The van der Waals surface area contributed by atoms with Gasteiger partial charge in [-0.15, -0.1) is 0 Å². The second kappa shape index (κ2) is 6.75. The summed E-state index contributed by atoms with van der Waals surface area (Å²) >= 11 is 0. The fraction of sp³-hybridized carbons (Fsp3) is 0.0556. The standard InChI is InChI=1S/C18H12F2N2O4/c19-12-6-2-5-11(15(12)20)14-16(18(26)22-17(14)25)21-10-4-1-3-9(7-10)8-13(23)24/h1-7H,8H2,(H,23,24)(H2,21,22,25,26). The van der Waals surface area contributed by atoms with E-state index in [1.807, 2.05) is 5.32 Å². The average molecular weight is 358 g/mol. The van der Waals surface area contributed by atoms with Crippen molar-refractivity contribution in [2.45, 2.75) is 6.42 Å². The second-order valence-corrected chi connectivity index (χ2v) is 5.53. The first-order chi connectivity index (χ1) is 12.4. The summed E-state index contributed by atoms with van der Waals surface area (Å²) in [6, 6.07) is 9.50. The average Bonchev–Trinajstić information content (AvgIpc) is 2.84. The molecule has 0 aromatic heterocycles. The van der Waals surface area contributed by atoms with Gasteiger partial charge in [-0.25, -0.2) is 8.78 Å². The topological polar surface area (TPSA) is 95.5 Å². The van der Waals surface area contributed by atoms with Crippen molar-refractivity contribution in [3.8, 4) is 0 Å². The molecule has 1 aliphatic rings. The van der Waals surface area contributed by atoms with Gasteiger partial charge in [0.2, 0.25) is 0 Å². The molecule has 1 aliphatic heterocycles. The molecule has 26 heavy (non-hydrogen) atoms. The van der Waals surface area contributed by atoms with Crippen LogP contribution in [0.4, 0.5) is 14.5 Å². The van der Waals surface area contributed by atoms with E-state index >= 15 is 0 Å². The zero-order valence-corrected chi connectivity index (χ0v) is 13.2. The van der Waals surface area contributed by atoms with Gasteiger partial charge in [-0.05, 0) is 23.8 Å². The molecule has 2 amide bonds. The molecule has 132 valence electrons. The van der Waals surface area contributed by atoms with Crippen molar-refractivity contribution < 1.29 is 28.3 Å². The molecule has 0 spiro atoms. The molecule has 6 nitrogen and oxygen atoms in total. The summed E-state index contributed by atoms with van der Waals surface area (Å²) < 4.78 is 27.6. The summed E-state index contributed by atoms with van der Waals surface area (Å²) in [6.07, 6.45) is -0.231. The molecule has 8 heteroatoms. The normalized spacial score (nSPS) is 13.8. The van der Waals surface area contributed by atoms with Crippen LogP contribution in [0.3, 0.4) is 0 Å². The first kappa shape index (κ1) is 17.3. The SMILES string of the molecule is O=C(O)Cc1cccc(NC2=C(c3cccc(F)c3F)C(=O)NC2=O)c1. The Morgan fingerprint density at radius 1 is 1.08 bits per heavy atom. The number of hydrogen-bond donors (Lipinski definition) is 3. The van der Waals surface area contributed by atoms with Crippen molar-refractivity contribution in [1.29, 1.82) is 0 Å². The van der Waals surface area contributed by atoms with Gasteiger partial charge in [0, 0.05) is 11.3 Å². The van der Waals surface area contributed by atoms with E-state index in [2.05, 4.69) is 5.32 Å². The number of amides is 2. The highest BCUT2D eigenvalue weighted by Gasteiger charge is 2.33. The molecule has 1 heterocycles. The number of imide groups is 1. The Hall–Kier alpha value is -3.55. The maximum absolute atomic E-state index is 14.1. The number of carbonyl (C=O) groups is 3. The van der Waals surface area contributed by atoms with Gasteiger partial charge in [0.05, 0.1) is 12.0 Å². The minimum absolute atomic E-state index is 0.231. The zero-order valence-electron chi connectivity index (χ0n) is 13.2. The molecule has 3 rings (SSSR count). The Kier molecular flexibility index (Phi) is 4.49. The van der Waals surface area contributed by atoms with Crippen molar-refractivity contribution in [3.63, 3.8) is 0 Å². The van der Waals surface area contributed by atoms with Crippen LogP contribution in [0.15, 0.2) is 48.2 Å². The van der Waals surface area contributed by atoms with E-state index in [4.69, 9.17) is 5.11 Å². The molecule has 0 radical (unpaired) electrons. The number of nitrogens with one attached hydrogen (secondary N) is 2. The number of anilines is 1. The summed E-state index contributed by atoms with van der Waals surface area (Å²) in [5, 5.41) is 13.6. The Morgan fingerprint density at radius 2 is 1.81 bits per heavy atom. The van der Waals surface area contributed by atoms with Crippen LogP contribution in [-0.2, 0) is 20.8 Å². The van der Waals surface area contributed by atoms with E-state index in [1.165, 1.54) is 18.2 Å². The predicted molar refractivity (Wildman–Crippen MR) is 87.8 cm³/mol. The first-order valence-corrected chi connectivity index (χ1v) is 7.49. The van der Waals surface area contributed by atoms with Gasteiger partial charge >= 0.3 is 5.97 Å². The van der Waals surface area contributed by atoms with Crippen LogP contribution in [0.1, 0.15) is 11.1 Å². The fourth-order valence-electron chi connectivity index (χ4n) is 2.61. The number of carbonyl (C=O) groups excluding carboxylic acids is 2. The number of carboxylic acid groups (broad SMARTS) is 1. The Balaban J connectivity index is 2.04. The van der Waals surface area contributed by atoms with Gasteiger partial charge in [-0.1, -0.05) is 24.3 Å². The van der Waals surface area contributed by atoms with Gasteiger partial charge in [-0.3, -0.25) is 19.7 Å². The molecule has 0 bridgehead atoms. The molecular formula is C18H12F2N2O4. The molecule has 0 saturated heterocycles. The Bertz CT molecular complexity index is 969. The maximum atomic E-state index is 14.1. The minimum Gasteiger partial charge on any atom is -0.481 e. The summed E-state index contributed by atoms with van der Waals surface area (Å²) in [4.78, 5) is 34.9. The van der Waals surface area contributed by atoms with Gasteiger partial charge < -0.3 is 10.4 Å². The highest BCUT2D eigenvalue weighted by atomic mass is 19.2. The van der Waals surface area contributed by atoms with E-state index in [1.54, 1.807) is 18.2 Å². The van der Waals surface area contributed by atoms with Crippen molar-refractivity contribution >= 4 is 29.0 Å². The van der Waals surface area contributed by atoms with Crippen LogP contribution >= 0.6 is 0 Å². The van der Waals surface area contributed by atoms with Crippen molar-refractivity contribution in [2.24, 2.45) is 0 Å². The summed E-state index contributed by atoms with van der Waals surface area (Å²) in [6.45, 7) is 0. The molecule has 0 aliphatic carbocycles. The Labute approximate surface area is 146 Å². The number of hydrogen-bond acceptors (Lipinski definition) is 4. The lowest BCUT2D eigenvalue weighted by Gasteiger charge is -2.10. The number of halogens is 2. The third kappa shape index (κ3) is 3.30. The highest BCUT2D eigenvalue weighted by Crippen LogP contribution is 2.28. The quantitative estimate of drug-likeness (QED) is 0.711. The van der Waals surface area contributed by atoms with Crippen LogP contribution in [0.2, 0.25) is 0 Å². The largest absolute Gasteiger partial charge is 0.481 e. The van der Waals surface area contributed by atoms with E-state index in [0.29, 0.717) is 11.3 Å². The lowest BCUT2D eigenvalue weighted by molar-refractivity contribution is -0.136. The van der Waals surface area contributed by atoms with Crippen LogP contribution in [0.25, 0.3) is 5.57 Å². The molecule has 3 N–H and O–H groups in total. The van der Waals surface area contributed by atoms with Gasteiger partial charge in [0.15, 0.2) is 11.6 Å². The molecule has 0 atom stereocenters. The van der Waals surface area contributed by atoms with Crippen molar-refractivity contribution in [1.82, 2.24) is 5.32 Å². The second-order valence-electron chi connectivity index (χ2n) is 5.53. The van der Waals surface area contributed by atoms with E-state index < -0.39 is 29.4 Å². The maximum Gasteiger partial charge on any atom is 0.307 e. The van der Waals surface area contributed by atoms with E-state index in [9.17, 15) is 23.2 Å². The fourth-order valence-corrected chi connectivity index (χ4v) is 2.61. The van der Waals surface area contributed by atoms with Crippen LogP contribution in [-0.4, -0.2) is 22.9 Å². The molecule has 2 aromatic rings. The highest BCUT2D eigenvalue weighted by molar-refractivity contribution is 6.36. The van der Waals surface area contributed by atoms with Crippen LogP contribution in [0, 0.1) is 11.6 Å². The van der Waals surface area contributed by atoms with Crippen LogP contribution < -0.4 is 10.6 Å². The number of carboxylic acids is 1. The summed E-state index contributed by atoms with van der Waals surface area (Å²) in [7, 11) is 0. The third-order valence-corrected chi connectivity index (χ3v) is 3.70. The monoisotopic (exact) mass is 358 g/mol. The molecular weight excluding hydrogens is 346 g/mol. The Morgan fingerprint density at radius 3 is 2.54 bits per heavy atom. The number of benzene rings is 2. The molecule has 2 aromatic carbocycles. The lowest BCUT2D eigenvalue weighted by Crippen LogP contribution is -2.24. The minimum atomic E-state index is -1.24. The molecule has 0 unspecified atom stereocenters. The molecule has 0 saturated carbocycles. The molecule has 0 fully saturated rings. The van der Waals surface area contributed by atoms with Crippen LogP contribution in [0.5, 0.6) is 0 Å². The number of aliphatic carboxylic acids is 1. The zero-order chi connectivity index (χ0) is 18.8. The van der Waals surface area contributed by atoms with E-state index in [-0.39, 0.29) is 23.3 Å². The van der Waals surface area contributed by atoms with Gasteiger partial charge in [-0.2, -0.15) is 0 Å². The third-order valence-electron chi connectivity index (χ3n) is 3.70. The first-order valence-electron chi connectivity index (χ1n) is 7.49. The summed E-state index contributed by atoms with van der Waals surface area (Å²) in [5.41, 5.74) is -0.121. The van der Waals surface area contributed by atoms with Gasteiger partial charge in [0.1, 0.15) is 5.70 Å². The van der Waals surface area contributed by atoms with Crippen molar-refractivity contribution in [3.05, 3.63) is 70.9 Å².